The van der Waals surface area contributed by atoms with Crippen molar-refractivity contribution in [2.75, 3.05) is 0 Å². The summed E-state index contributed by atoms with van der Waals surface area (Å²) in [6, 6.07) is 65.1. The van der Waals surface area contributed by atoms with Gasteiger partial charge >= 0.3 is 0 Å². The van der Waals surface area contributed by atoms with E-state index in [0.717, 1.165) is 33.4 Å². The molecule has 5 heteroatoms. The van der Waals surface area contributed by atoms with Gasteiger partial charge in [-0.2, -0.15) is 0 Å². The van der Waals surface area contributed by atoms with Crippen LogP contribution >= 0.6 is 11.3 Å². The van der Waals surface area contributed by atoms with E-state index in [-0.39, 0.29) is 5.41 Å². The molecule has 1 aliphatic rings. The monoisotopic (exact) mass is 772 g/mol. The minimum atomic E-state index is -0.147. The van der Waals surface area contributed by atoms with Gasteiger partial charge in [0.2, 0.25) is 0 Å². The van der Waals surface area contributed by atoms with Gasteiger partial charge in [0.1, 0.15) is 0 Å². The summed E-state index contributed by atoms with van der Waals surface area (Å²) >= 11 is 1.88. The van der Waals surface area contributed by atoms with Gasteiger partial charge in [-0.3, -0.25) is 0 Å². The first-order valence-electron chi connectivity index (χ1n) is 20.1. The molecule has 0 aliphatic heterocycles. The largest absolute Gasteiger partial charge is 0.308 e. The molecule has 0 amide bonds. The summed E-state index contributed by atoms with van der Waals surface area (Å²) in [4.78, 5) is 15.8. The first-order valence-corrected chi connectivity index (χ1v) is 20.9. The molecule has 0 fully saturated rings. The van der Waals surface area contributed by atoms with Crippen molar-refractivity contribution in [2.24, 2.45) is 0 Å². The molecule has 4 nitrogen and oxygen atoms in total. The van der Waals surface area contributed by atoms with E-state index in [4.69, 9.17) is 15.0 Å². The van der Waals surface area contributed by atoms with E-state index in [1.54, 1.807) is 0 Å². The van der Waals surface area contributed by atoms with Gasteiger partial charge in [-0.25, -0.2) is 15.0 Å². The Kier molecular flexibility index (Phi) is 7.41. The second-order valence-corrected chi connectivity index (χ2v) is 17.0. The van der Waals surface area contributed by atoms with Crippen molar-refractivity contribution in [1.82, 2.24) is 19.5 Å². The number of aromatic nitrogens is 4. The average Bonchev–Trinajstić information content (AvgIpc) is 3.92. The van der Waals surface area contributed by atoms with Gasteiger partial charge < -0.3 is 4.57 Å². The fourth-order valence-electron chi connectivity index (χ4n) is 9.50. The van der Waals surface area contributed by atoms with Crippen LogP contribution in [-0.2, 0) is 5.41 Å². The number of nitrogens with zero attached hydrogens (tertiary/aromatic N) is 4. The molecule has 278 valence electrons. The number of thiophene rings is 1. The summed E-state index contributed by atoms with van der Waals surface area (Å²) in [5, 5.41) is 5.05. The van der Waals surface area contributed by atoms with E-state index in [1.807, 2.05) is 29.5 Å². The van der Waals surface area contributed by atoms with Crippen molar-refractivity contribution in [3.05, 3.63) is 193 Å². The molecule has 3 aromatic heterocycles. The molecule has 0 spiro atoms. The molecule has 0 bridgehead atoms. The van der Waals surface area contributed by atoms with Crippen LogP contribution in [0.15, 0.2) is 182 Å². The SMILES string of the molecule is CC1(C)c2ccccc2-c2ccc(-c3nc(-c4ccccc4)nc(-c4ccccc4-n4c5ccccc5c5c6c(ccc54)sc4c(-c5ccccc5)cccc46)n3)cc21. The summed E-state index contributed by atoms with van der Waals surface area (Å²) in [5.74, 6) is 1.93. The van der Waals surface area contributed by atoms with E-state index in [0.29, 0.717) is 17.5 Å². The highest BCUT2D eigenvalue weighted by Crippen LogP contribution is 2.50. The topological polar surface area (TPSA) is 43.6 Å². The number of fused-ring (bicyclic) bond motifs is 10. The number of hydrogen-bond acceptors (Lipinski definition) is 4. The lowest BCUT2D eigenvalue weighted by Gasteiger charge is -2.21. The van der Waals surface area contributed by atoms with Crippen LogP contribution in [-0.4, -0.2) is 19.5 Å². The minimum absolute atomic E-state index is 0.147. The second kappa shape index (κ2) is 12.9. The lowest BCUT2D eigenvalue weighted by Crippen LogP contribution is -2.15. The molecular formula is C54H36N4S. The van der Waals surface area contributed by atoms with Crippen LogP contribution in [0.3, 0.4) is 0 Å². The van der Waals surface area contributed by atoms with Crippen LogP contribution in [0.2, 0.25) is 0 Å². The first-order chi connectivity index (χ1) is 29.0. The Labute approximate surface area is 345 Å². The third-order valence-electron chi connectivity index (χ3n) is 12.3. The van der Waals surface area contributed by atoms with Crippen LogP contribution in [0.5, 0.6) is 0 Å². The van der Waals surface area contributed by atoms with Gasteiger partial charge in [0.05, 0.1) is 16.7 Å². The van der Waals surface area contributed by atoms with Gasteiger partial charge in [0, 0.05) is 53.1 Å². The predicted molar refractivity (Wildman–Crippen MR) is 246 cm³/mol. The Morgan fingerprint density at radius 1 is 0.424 bits per heavy atom. The van der Waals surface area contributed by atoms with Crippen LogP contribution in [0.25, 0.3) is 104 Å². The Hall–Kier alpha value is -7.21. The molecular weight excluding hydrogens is 737 g/mol. The van der Waals surface area contributed by atoms with E-state index in [9.17, 15) is 0 Å². The van der Waals surface area contributed by atoms with Gasteiger partial charge in [-0.1, -0.05) is 159 Å². The highest BCUT2D eigenvalue weighted by Gasteiger charge is 2.35. The lowest BCUT2D eigenvalue weighted by molar-refractivity contribution is 0.660. The van der Waals surface area contributed by atoms with Crippen molar-refractivity contribution in [1.29, 1.82) is 0 Å². The molecule has 1 aliphatic carbocycles. The third-order valence-corrected chi connectivity index (χ3v) is 13.5. The number of benzene rings is 8. The van der Waals surface area contributed by atoms with Crippen LogP contribution in [0, 0.1) is 0 Å². The van der Waals surface area contributed by atoms with Gasteiger partial charge in [-0.05, 0) is 69.8 Å². The molecule has 12 rings (SSSR count). The molecule has 0 saturated carbocycles. The molecule has 59 heavy (non-hydrogen) atoms. The molecule has 0 saturated heterocycles. The lowest BCUT2D eigenvalue weighted by atomic mass is 9.82. The number of rotatable bonds is 5. The highest BCUT2D eigenvalue weighted by atomic mass is 32.1. The Balaban J connectivity index is 1.09. The zero-order valence-electron chi connectivity index (χ0n) is 32.5. The zero-order chi connectivity index (χ0) is 39.2. The smallest absolute Gasteiger partial charge is 0.166 e. The van der Waals surface area contributed by atoms with Gasteiger partial charge in [-0.15, -0.1) is 11.3 Å². The van der Waals surface area contributed by atoms with Gasteiger partial charge in [0.15, 0.2) is 17.5 Å². The summed E-state index contributed by atoms with van der Waals surface area (Å²) in [7, 11) is 0. The van der Waals surface area contributed by atoms with E-state index in [1.165, 1.54) is 64.3 Å². The van der Waals surface area contributed by atoms with Crippen molar-refractivity contribution in [2.45, 2.75) is 19.3 Å². The fraction of sp³-hybridized carbons (Fsp3) is 0.0556. The molecule has 3 heterocycles. The first kappa shape index (κ1) is 33.9. The maximum atomic E-state index is 5.34. The van der Waals surface area contributed by atoms with E-state index in [2.05, 4.69) is 182 Å². The number of hydrogen-bond donors (Lipinski definition) is 0. The summed E-state index contributed by atoms with van der Waals surface area (Å²) in [5.41, 5.74) is 13.7. The molecule has 8 aromatic carbocycles. The third kappa shape index (κ3) is 5.11. The Bertz CT molecular complexity index is 3470. The van der Waals surface area contributed by atoms with Crippen molar-refractivity contribution in [3.63, 3.8) is 0 Å². The fourth-order valence-corrected chi connectivity index (χ4v) is 10.7. The van der Waals surface area contributed by atoms with Crippen LogP contribution < -0.4 is 0 Å². The predicted octanol–water partition coefficient (Wildman–Crippen LogP) is 14.3. The minimum Gasteiger partial charge on any atom is -0.308 e. The van der Waals surface area contributed by atoms with E-state index < -0.39 is 0 Å². The summed E-state index contributed by atoms with van der Waals surface area (Å²) in [6.07, 6.45) is 0. The Morgan fingerprint density at radius 3 is 1.88 bits per heavy atom. The summed E-state index contributed by atoms with van der Waals surface area (Å²) in [6.45, 7) is 4.62. The normalized spacial score (nSPS) is 13.1. The average molecular weight is 773 g/mol. The molecule has 0 N–H and O–H groups in total. The van der Waals surface area contributed by atoms with Crippen LogP contribution in [0.4, 0.5) is 0 Å². The quantitative estimate of drug-likeness (QED) is 0.175. The maximum absolute atomic E-state index is 5.34. The van der Waals surface area contributed by atoms with Crippen LogP contribution in [0.1, 0.15) is 25.0 Å². The summed E-state index contributed by atoms with van der Waals surface area (Å²) < 4.78 is 5.00. The standard InChI is InChI=1S/C54H36N4S/c1-54(2)42-25-12-9-20-37(42)38-29-28-35(32-43(38)54)52-55-51(34-18-7-4-8-19-34)56-53(57-52)40-22-11-14-27-45(40)58-44-26-13-10-21-39(44)48-46(58)30-31-47-49(48)41-24-15-23-36(50(41)59-47)33-16-5-3-6-17-33/h3-32H,1-2H3. The van der Waals surface area contributed by atoms with E-state index >= 15 is 0 Å². The van der Waals surface area contributed by atoms with Crippen molar-refractivity contribution >= 4 is 53.3 Å². The molecule has 0 atom stereocenters. The molecule has 11 aromatic rings. The zero-order valence-corrected chi connectivity index (χ0v) is 33.3. The van der Waals surface area contributed by atoms with Crippen molar-refractivity contribution < 1.29 is 0 Å². The second-order valence-electron chi connectivity index (χ2n) is 16.0. The number of para-hydroxylation sites is 2. The van der Waals surface area contributed by atoms with Gasteiger partial charge in [0.25, 0.3) is 0 Å². The Morgan fingerprint density at radius 2 is 1.05 bits per heavy atom. The highest BCUT2D eigenvalue weighted by molar-refractivity contribution is 7.26. The molecule has 0 radical (unpaired) electrons. The van der Waals surface area contributed by atoms with Crippen molar-refractivity contribution in [3.8, 4) is 62.1 Å². The molecule has 0 unspecified atom stereocenters. The maximum Gasteiger partial charge on any atom is 0.166 e.